The lowest BCUT2D eigenvalue weighted by atomic mass is 10.1. The molecule has 0 aliphatic carbocycles. The molecule has 2 heterocycles. The van der Waals surface area contributed by atoms with Crippen LogP contribution in [0.1, 0.15) is 22.0 Å². The van der Waals surface area contributed by atoms with Gasteiger partial charge in [0.1, 0.15) is 6.10 Å². The van der Waals surface area contributed by atoms with Crippen LogP contribution in [0.2, 0.25) is 0 Å². The number of carbonyl (C=O) groups excluding carboxylic acids is 1. The Bertz CT molecular complexity index is 965. The maximum absolute atomic E-state index is 13.1. The summed E-state index contributed by atoms with van der Waals surface area (Å²) in [6, 6.07) is 18.6. The van der Waals surface area contributed by atoms with Crippen molar-refractivity contribution in [1.82, 2.24) is 9.88 Å². The van der Waals surface area contributed by atoms with Gasteiger partial charge in [-0.15, -0.1) is 0 Å². The Morgan fingerprint density at radius 3 is 2.68 bits per heavy atom. The molecule has 1 saturated heterocycles. The van der Waals surface area contributed by atoms with Gasteiger partial charge in [-0.1, -0.05) is 48.5 Å². The van der Waals surface area contributed by atoms with E-state index in [0.29, 0.717) is 30.8 Å². The molecule has 1 atom stereocenters. The minimum atomic E-state index is -0.269. The first-order chi connectivity index (χ1) is 12.2. The number of fused-ring (bicyclic) bond motifs is 1. The summed E-state index contributed by atoms with van der Waals surface area (Å²) in [6.07, 6.45) is -0.146. The zero-order chi connectivity index (χ0) is 17.2. The van der Waals surface area contributed by atoms with Crippen molar-refractivity contribution in [2.45, 2.75) is 6.10 Å². The normalized spacial score (nSPS) is 17.6. The number of morpholine rings is 1. The molecule has 3 aromatic rings. The minimum Gasteiger partial charge on any atom is -0.370 e. The number of rotatable bonds is 2. The molecular weight excluding hydrogens is 316 g/mol. The zero-order valence-corrected chi connectivity index (χ0v) is 13.6. The van der Waals surface area contributed by atoms with Crippen LogP contribution >= 0.6 is 0 Å². The second-order valence-corrected chi connectivity index (χ2v) is 6.11. The first-order valence-corrected chi connectivity index (χ1v) is 8.30. The molecule has 1 unspecified atom stereocenters. The molecule has 0 saturated carbocycles. The van der Waals surface area contributed by atoms with Crippen LogP contribution in [0.15, 0.2) is 65.5 Å². The van der Waals surface area contributed by atoms with E-state index in [-0.39, 0.29) is 17.6 Å². The summed E-state index contributed by atoms with van der Waals surface area (Å²) >= 11 is 0. The predicted molar refractivity (Wildman–Crippen MR) is 95.6 cm³/mol. The van der Waals surface area contributed by atoms with Gasteiger partial charge in [0.15, 0.2) is 0 Å². The maximum Gasteiger partial charge on any atom is 0.254 e. The van der Waals surface area contributed by atoms with Gasteiger partial charge in [-0.05, 0) is 11.6 Å². The summed E-state index contributed by atoms with van der Waals surface area (Å²) in [6.45, 7) is 1.47. The number of pyridine rings is 1. The monoisotopic (exact) mass is 334 g/mol. The molecule has 0 bridgehead atoms. The largest absolute Gasteiger partial charge is 0.370 e. The number of ether oxygens (including phenoxy) is 1. The lowest BCUT2D eigenvalue weighted by Crippen LogP contribution is -2.42. The molecule has 0 spiro atoms. The van der Waals surface area contributed by atoms with Crippen molar-refractivity contribution in [3.8, 4) is 0 Å². The van der Waals surface area contributed by atoms with Crippen molar-refractivity contribution in [2.24, 2.45) is 0 Å². The van der Waals surface area contributed by atoms with Gasteiger partial charge in [-0.3, -0.25) is 9.59 Å². The summed E-state index contributed by atoms with van der Waals surface area (Å²) < 4.78 is 5.83. The van der Waals surface area contributed by atoms with E-state index in [0.717, 1.165) is 10.9 Å². The molecular formula is C20H18N2O3. The fourth-order valence-electron chi connectivity index (χ4n) is 3.26. The first-order valence-electron chi connectivity index (χ1n) is 8.30. The summed E-state index contributed by atoms with van der Waals surface area (Å²) in [5.41, 5.74) is 1.89. The Hall–Kier alpha value is -2.92. The van der Waals surface area contributed by atoms with Crippen molar-refractivity contribution < 1.29 is 9.53 Å². The number of aromatic amines is 1. The highest BCUT2D eigenvalue weighted by Crippen LogP contribution is 2.24. The van der Waals surface area contributed by atoms with Gasteiger partial charge < -0.3 is 14.6 Å². The minimum absolute atomic E-state index is 0.133. The molecule has 1 aromatic heterocycles. The standard InChI is InChI=1S/C20H18N2O3/c23-19-12-16(15-8-4-5-9-17(15)21-19)20(24)22-10-11-25-18(13-22)14-6-2-1-3-7-14/h1-9,12,18H,10-11,13H2,(H,21,23). The molecule has 1 aliphatic rings. The number of para-hydroxylation sites is 1. The topological polar surface area (TPSA) is 62.4 Å². The Kier molecular flexibility index (Phi) is 4.07. The molecule has 0 radical (unpaired) electrons. The van der Waals surface area contributed by atoms with E-state index in [1.807, 2.05) is 48.5 Å². The van der Waals surface area contributed by atoms with Crippen LogP contribution in [0.25, 0.3) is 10.9 Å². The number of hydrogen-bond donors (Lipinski definition) is 1. The van der Waals surface area contributed by atoms with E-state index in [1.165, 1.54) is 6.07 Å². The molecule has 1 amide bonds. The van der Waals surface area contributed by atoms with Crippen LogP contribution in [0.3, 0.4) is 0 Å². The number of nitrogens with one attached hydrogen (secondary N) is 1. The number of aromatic nitrogens is 1. The van der Waals surface area contributed by atoms with E-state index in [4.69, 9.17) is 4.74 Å². The van der Waals surface area contributed by atoms with Gasteiger partial charge in [-0.25, -0.2) is 0 Å². The molecule has 5 heteroatoms. The fourth-order valence-corrected chi connectivity index (χ4v) is 3.26. The van der Waals surface area contributed by atoms with Crippen LogP contribution in [0, 0.1) is 0 Å². The maximum atomic E-state index is 13.1. The molecule has 2 aromatic carbocycles. The zero-order valence-electron chi connectivity index (χ0n) is 13.6. The molecule has 25 heavy (non-hydrogen) atoms. The molecule has 126 valence electrons. The highest BCUT2D eigenvalue weighted by Gasteiger charge is 2.27. The van der Waals surface area contributed by atoms with Gasteiger partial charge >= 0.3 is 0 Å². The van der Waals surface area contributed by atoms with Crippen LogP contribution in [0.4, 0.5) is 0 Å². The van der Waals surface area contributed by atoms with E-state index < -0.39 is 0 Å². The predicted octanol–water partition coefficient (Wildman–Crippen LogP) is 2.74. The number of H-pyrrole nitrogens is 1. The molecule has 5 nitrogen and oxygen atoms in total. The average Bonchev–Trinajstić information content (AvgIpc) is 2.67. The van der Waals surface area contributed by atoms with Crippen molar-refractivity contribution in [1.29, 1.82) is 0 Å². The van der Waals surface area contributed by atoms with Gasteiger partial charge in [-0.2, -0.15) is 0 Å². The van der Waals surface area contributed by atoms with Crippen molar-refractivity contribution in [3.63, 3.8) is 0 Å². The number of benzene rings is 2. The smallest absolute Gasteiger partial charge is 0.254 e. The third kappa shape index (κ3) is 3.06. The van der Waals surface area contributed by atoms with Crippen LogP contribution < -0.4 is 5.56 Å². The van der Waals surface area contributed by atoms with E-state index in [2.05, 4.69) is 4.98 Å². The fraction of sp³-hybridized carbons (Fsp3) is 0.200. The quantitative estimate of drug-likeness (QED) is 0.784. The second-order valence-electron chi connectivity index (χ2n) is 6.11. The van der Waals surface area contributed by atoms with Gasteiger partial charge in [0, 0.05) is 23.5 Å². The average molecular weight is 334 g/mol. The first kappa shape index (κ1) is 15.6. The summed E-state index contributed by atoms with van der Waals surface area (Å²) in [4.78, 5) is 29.5. The second kappa shape index (κ2) is 6.53. The van der Waals surface area contributed by atoms with Crippen molar-refractivity contribution in [2.75, 3.05) is 19.7 Å². The SMILES string of the molecule is O=C(c1cc(=O)[nH]c2ccccc12)N1CCOC(c2ccccc2)C1. The number of amides is 1. The lowest BCUT2D eigenvalue weighted by Gasteiger charge is -2.33. The Labute approximate surface area is 144 Å². The number of hydrogen-bond acceptors (Lipinski definition) is 3. The van der Waals surface area contributed by atoms with Crippen LogP contribution in [0.5, 0.6) is 0 Å². The Morgan fingerprint density at radius 2 is 1.84 bits per heavy atom. The van der Waals surface area contributed by atoms with Crippen LogP contribution in [-0.2, 0) is 4.74 Å². The van der Waals surface area contributed by atoms with Crippen LogP contribution in [-0.4, -0.2) is 35.5 Å². The summed E-state index contributed by atoms with van der Waals surface area (Å²) in [5, 5.41) is 0.759. The third-order valence-electron chi connectivity index (χ3n) is 4.51. The molecule has 4 rings (SSSR count). The van der Waals surface area contributed by atoms with Gasteiger partial charge in [0.05, 0.1) is 18.7 Å². The Morgan fingerprint density at radius 1 is 1.08 bits per heavy atom. The van der Waals surface area contributed by atoms with E-state index in [9.17, 15) is 9.59 Å². The van der Waals surface area contributed by atoms with E-state index in [1.54, 1.807) is 11.0 Å². The van der Waals surface area contributed by atoms with Gasteiger partial charge in [0.25, 0.3) is 5.91 Å². The van der Waals surface area contributed by atoms with Crippen molar-refractivity contribution >= 4 is 16.8 Å². The number of carbonyl (C=O) groups is 1. The number of nitrogens with zero attached hydrogens (tertiary/aromatic N) is 1. The molecule has 1 N–H and O–H groups in total. The van der Waals surface area contributed by atoms with Crippen molar-refractivity contribution in [3.05, 3.63) is 82.1 Å². The lowest BCUT2D eigenvalue weighted by molar-refractivity contribution is -0.0227. The summed E-state index contributed by atoms with van der Waals surface area (Å²) in [7, 11) is 0. The molecule has 1 fully saturated rings. The highest BCUT2D eigenvalue weighted by molar-refractivity contribution is 6.06. The highest BCUT2D eigenvalue weighted by atomic mass is 16.5. The molecule has 1 aliphatic heterocycles. The van der Waals surface area contributed by atoms with Gasteiger partial charge in [0.2, 0.25) is 5.56 Å². The van der Waals surface area contributed by atoms with E-state index >= 15 is 0 Å². The summed E-state index contributed by atoms with van der Waals surface area (Å²) in [5.74, 6) is -0.133. The Balaban J connectivity index is 1.66. The third-order valence-corrected chi connectivity index (χ3v) is 4.51.